The minimum absolute atomic E-state index is 0.639. The van der Waals surface area contributed by atoms with Gasteiger partial charge in [-0.05, 0) is 166 Å². The Morgan fingerprint density at radius 3 is 1.71 bits per heavy atom. The quantitative estimate of drug-likeness (QED) is 0.313. The molecule has 0 heteroatoms. The Bertz CT molecular complexity index is 861. The Labute approximate surface area is 263 Å². The molecule has 0 spiro atoms. The van der Waals surface area contributed by atoms with Crippen LogP contribution in [0.3, 0.4) is 0 Å². The lowest BCUT2D eigenvalue weighted by molar-refractivity contribution is 0.0284. The number of rotatable bonds is 3. The van der Waals surface area contributed by atoms with E-state index in [2.05, 4.69) is 20.8 Å². The van der Waals surface area contributed by atoms with Crippen LogP contribution in [-0.2, 0) is 0 Å². The van der Waals surface area contributed by atoms with Crippen LogP contribution in [0.25, 0.3) is 0 Å². The Morgan fingerprint density at radius 1 is 0.405 bits per heavy atom. The lowest BCUT2D eigenvalue weighted by atomic mass is 9.58. The van der Waals surface area contributed by atoms with Gasteiger partial charge in [-0.1, -0.05) is 97.8 Å². The minimum atomic E-state index is 0.639. The maximum Gasteiger partial charge on any atom is -0.0323 e. The Hall–Kier alpha value is 0. The van der Waals surface area contributed by atoms with Crippen LogP contribution in [0, 0.1) is 75.9 Å². The van der Waals surface area contributed by atoms with E-state index in [1.54, 1.807) is 116 Å². The second-order valence-corrected chi connectivity index (χ2v) is 19.4. The van der Waals surface area contributed by atoms with Crippen molar-refractivity contribution in [3.63, 3.8) is 0 Å². The molecule has 8 fully saturated rings. The van der Waals surface area contributed by atoms with Gasteiger partial charge in [0.05, 0.1) is 0 Å². The molecule has 240 valence electrons. The van der Waals surface area contributed by atoms with Gasteiger partial charge in [-0.25, -0.2) is 0 Å². The van der Waals surface area contributed by atoms with Crippen molar-refractivity contribution in [2.24, 2.45) is 75.9 Å². The van der Waals surface area contributed by atoms with Gasteiger partial charge in [0.1, 0.15) is 0 Å². The van der Waals surface area contributed by atoms with E-state index in [0.29, 0.717) is 5.41 Å². The molecule has 0 amide bonds. The van der Waals surface area contributed by atoms with Gasteiger partial charge in [-0.2, -0.15) is 0 Å². The molecule has 0 aromatic carbocycles. The molecule has 0 radical (unpaired) electrons. The van der Waals surface area contributed by atoms with Gasteiger partial charge in [0.2, 0.25) is 0 Å². The van der Waals surface area contributed by atoms with Crippen LogP contribution in [0.5, 0.6) is 0 Å². The first-order chi connectivity index (χ1) is 20.4. The van der Waals surface area contributed by atoms with Gasteiger partial charge < -0.3 is 0 Å². The Morgan fingerprint density at radius 2 is 0.976 bits per heavy atom. The third-order valence-corrected chi connectivity index (χ3v) is 16.5. The molecule has 0 heterocycles. The fraction of sp³-hybridized carbons (Fsp3) is 1.00. The van der Waals surface area contributed by atoms with Crippen molar-refractivity contribution >= 4 is 0 Å². The van der Waals surface area contributed by atoms with Crippen LogP contribution in [0.15, 0.2) is 0 Å². The first kappa shape index (κ1) is 30.6. The molecule has 8 aliphatic rings. The fourth-order valence-corrected chi connectivity index (χ4v) is 14.6. The van der Waals surface area contributed by atoms with Gasteiger partial charge in [0.25, 0.3) is 0 Å². The van der Waals surface area contributed by atoms with E-state index in [1.807, 2.05) is 0 Å². The van der Waals surface area contributed by atoms with Crippen LogP contribution >= 0.6 is 0 Å². The average molecular weight is 577 g/mol. The molecule has 8 rings (SSSR count). The van der Waals surface area contributed by atoms with Crippen molar-refractivity contribution in [1.29, 1.82) is 0 Å². The molecule has 0 aliphatic heterocycles. The van der Waals surface area contributed by atoms with Crippen LogP contribution < -0.4 is 0 Å². The van der Waals surface area contributed by atoms with Gasteiger partial charge >= 0.3 is 0 Å². The summed E-state index contributed by atoms with van der Waals surface area (Å²) in [6, 6.07) is 0. The summed E-state index contributed by atoms with van der Waals surface area (Å²) in [4.78, 5) is 0. The summed E-state index contributed by atoms with van der Waals surface area (Å²) in [5.41, 5.74) is 1.36. The highest BCUT2D eigenvalue weighted by Crippen LogP contribution is 2.59. The minimum Gasteiger partial charge on any atom is -0.0596 e. The van der Waals surface area contributed by atoms with Crippen molar-refractivity contribution in [2.75, 3.05) is 0 Å². The van der Waals surface area contributed by atoms with E-state index in [1.165, 1.54) is 51.4 Å². The van der Waals surface area contributed by atoms with Crippen molar-refractivity contribution in [3.8, 4) is 0 Å². The second kappa shape index (κ2) is 13.0. The topological polar surface area (TPSA) is 0 Å². The van der Waals surface area contributed by atoms with Crippen LogP contribution in [0.4, 0.5) is 0 Å². The molecule has 8 aliphatic carbocycles. The Balaban J connectivity index is 0.000000137. The summed E-state index contributed by atoms with van der Waals surface area (Å²) in [6.07, 6.45) is 40.6. The molecule has 0 bridgehead atoms. The number of hydrogen-bond donors (Lipinski definition) is 0. The fourth-order valence-electron chi connectivity index (χ4n) is 14.6. The van der Waals surface area contributed by atoms with Crippen molar-refractivity contribution in [2.45, 2.75) is 188 Å². The normalized spacial score (nSPS) is 47.6. The highest BCUT2D eigenvalue weighted by atomic mass is 14.5. The lowest BCUT2D eigenvalue weighted by Crippen LogP contribution is -2.38. The maximum atomic E-state index is 2.62. The summed E-state index contributed by atoms with van der Waals surface area (Å²) >= 11 is 0. The molecule has 0 N–H and O–H groups in total. The average Bonchev–Trinajstić information content (AvgIpc) is 3.55. The zero-order valence-electron chi connectivity index (χ0n) is 28.7. The molecule has 42 heavy (non-hydrogen) atoms. The highest BCUT2D eigenvalue weighted by Gasteiger charge is 2.49. The molecule has 8 saturated carbocycles. The third kappa shape index (κ3) is 6.47. The largest absolute Gasteiger partial charge is 0.0596 e. The molecular weight excluding hydrogens is 504 g/mol. The summed E-state index contributed by atoms with van der Waals surface area (Å²) in [6.45, 7) is 7.79. The molecule has 0 nitrogen and oxygen atoms in total. The van der Waals surface area contributed by atoms with Crippen LogP contribution in [0.2, 0.25) is 0 Å². The predicted molar refractivity (Wildman–Crippen MR) is 180 cm³/mol. The van der Waals surface area contributed by atoms with Gasteiger partial charge in [-0.15, -0.1) is 0 Å². The molecule has 11 unspecified atom stereocenters. The zero-order valence-corrected chi connectivity index (χ0v) is 28.7. The molecule has 0 aromatic rings. The molecule has 11 atom stereocenters. The van der Waals surface area contributed by atoms with E-state index in [9.17, 15) is 0 Å². The first-order valence-electron chi connectivity index (χ1n) is 20.4. The third-order valence-electron chi connectivity index (χ3n) is 16.5. The summed E-state index contributed by atoms with van der Waals surface area (Å²) in [5, 5.41) is 0. The van der Waals surface area contributed by atoms with E-state index >= 15 is 0 Å². The number of hydrogen-bond acceptors (Lipinski definition) is 0. The van der Waals surface area contributed by atoms with E-state index in [4.69, 9.17) is 0 Å². The van der Waals surface area contributed by atoms with Crippen molar-refractivity contribution in [3.05, 3.63) is 0 Å². The molecular formula is C42H72. The van der Waals surface area contributed by atoms with Gasteiger partial charge in [0.15, 0.2) is 0 Å². The standard InChI is InChI=1S/2C21H36/c1-21(2)12-6-5-9-20(21)17-11-10-16-13-15-7-3-4-8-18(15)19(16)14-17;1-21(11-5-2-6-12-21)15-16-9-10-20-18(13-16)14-17-7-3-4-8-19(17)20/h15-20H,3-14H2,1-2H3;16-20H,2-15H2,1H3. The van der Waals surface area contributed by atoms with Gasteiger partial charge in [-0.3, -0.25) is 0 Å². The lowest BCUT2D eigenvalue weighted by Gasteiger charge is -2.47. The zero-order chi connectivity index (χ0) is 28.7. The van der Waals surface area contributed by atoms with E-state index in [-0.39, 0.29) is 0 Å². The maximum absolute atomic E-state index is 2.62. The second-order valence-electron chi connectivity index (χ2n) is 19.4. The number of fused-ring (bicyclic) bond motifs is 6. The SMILES string of the molecule is CC1(C)CCCCC1C1CCC2CC3CCCCC3C2C1.CC1(CC2CCC3C(C2)CC2CCCCC23)CCCCC1. The molecule has 0 aromatic heterocycles. The van der Waals surface area contributed by atoms with Crippen LogP contribution in [-0.4, -0.2) is 0 Å². The van der Waals surface area contributed by atoms with Crippen molar-refractivity contribution in [1.82, 2.24) is 0 Å². The summed E-state index contributed by atoms with van der Waals surface area (Å²) < 4.78 is 0. The van der Waals surface area contributed by atoms with Crippen molar-refractivity contribution < 1.29 is 0 Å². The first-order valence-corrected chi connectivity index (χ1v) is 20.4. The van der Waals surface area contributed by atoms with Crippen LogP contribution in [0.1, 0.15) is 188 Å². The highest BCUT2D eigenvalue weighted by molar-refractivity contribution is 4.99. The van der Waals surface area contributed by atoms with E-state index in [0.717, 1.165) is 70.5 Å². The molecule has 0 saturated heterocycles. The predicted octanol–water partition coefficient (Wildman–Crippen LogP) is 13.0. The summed E-state index contributed by atoms with van der Waals surface area (Å²) in [7, 11) is 0. The van der Waals surface area contributed by atoms with Gasteiger partial charge in [0, 0.05) is 0 Å². The monoisotopic (exact) mass is 577 g/mol. The Kier molecular flexibility index (Phi) is 9.49. The van der Waals surface area contributed by atoms with E-state index < -0.39 is 0 Å². The summed E-state index contributed by atoms with van der Waals surface area (Å²) in [5.74, 6) is 12.4. The smallest absolute Gasteiger partial charge is 0.0323 e.